The lowest BCUT2D eigenvalue weighted by molar-refractivity contribution is -0.116. The lowest BCUT2D eigenvalue weighted by atomic mass is 10.2. The molecule has 0 aliphatic carbocycles. The average molecular weight is 272 g/mol. The van der Waals surface area contributed by atoms with Crippen molar-refractivity contribution in [3.8, 4) is 0 Å². The van der Waals surface area contributed by atoms with Gasteiger partial charge in [0.2, 0.25) is 5.91 Å². The highest BCUT2D eigenvalue weighted by Gasteiger charge is 2.23. The van der Waals surface area contributed by atoms with Crippen LogP contribution in [0.15, 0.2) is 24.3 Å². The van der Waals surface area contributed by atoms with Gasteiger partial charge in [-0.1, -0.05) is 30.0 Å². The first-order chi connectivity index (χ1) is 7.68. The maximum absolute atomic E-state index is 11.9. The second-order valence-corrected chi connectivity index (χ2v) is 4.59. The van der Waals surface area contributed by atoms with E-state index in [0.29, 0.717) is 0 Å². The van der Waals surface area contributed by atoms with E-state index < -0.39 is 0 Å². The Labute approximate surface area is 110 Å². The molecule has 1 amide bonds. The standard InChI is InChI=1S/C11H13N3OS.ClH/c12-11(13)16-7-10(15)14-6-5-8-3-1-2-4-9(8)14;/h1-4H,5-7H2,(H3,12,13);1H. The smallest absolute Gasteiger partial charge is 0.237 e. The lowest BCUT2D eigenvalue weighted by Gasteiger charge is -2.16. The van der Waals surface area contributed by atoms with Crippen molar-refractivity contribution in [2.75, 3.05) is 17.2 Å². The first-order valence-electron chi connectivity index (χ1n) is 5.03. The van der Waals surface area contributed by atoms with Gasteiger partial charge < -0.3 is 10.6 Å². The van der Waals surface area contributed by atoms with Crippen LogP contribution in [0, 0.1) is 5.41 Å². The van der Waals surface area contributed by atoms with Gasteiger partial charge in [-0.2, -0.15) is 0 Å². The molecule has 1 aromatic carbocycles. The van der Waals surface area contributed by atoms with E-state index in [9.17, 15) is 4.79 Å². The number of benzene rings is 1. The third-order valence-electron chi connectivity index (χ3n) is 2.54. The molecule has 0 unspecified atom stereocenters. The minimum Gasteiger partial charge on any atom is -0.379 e. The molecule has 3 N–H and O–H groups in total. The van der Waals surface area contributed by atoms with Crippen LogP contribution in [0.1, 0.15) is 5.56 Å². The summed E-state index contributed by atoms with van der Waals surface area (Å²) >= 11 is 1.07. The molecule has 2 rings (SSSR count). The Morgan fingerprint density at radius 2 is 2.18 bits per heavy atom. The van der Waals surface area contributed by atoms with Crippen molar-refractivity contribution in [1.82, 2.24) is 0 Å². The number of nitrogens with two attached hydrogens (primary N) is 1. The molecule has 0 saturated heterocycles. The number of carbonyl (C=O) groups excluding carboxylic acids is 1. The van der Waals surface area contributed by atoms with Crippen LogP contribution in [0.3, 0.4) is 0 Å². The van der Waals surface area contributed by atoms with Crippen LogP contribution in [0.25, 0.3) is 0 Å². The zero-order valence-electron chi connectivity index (χ0n) is 9.18. The first-order valence-corrected chi connectivity index (χ1v) is 6.02. The number of thioether (sulfide) groups is 1. The number of hydrogen-bond acceptors (Lipinski definition) is 3. The van der Waals surface area contributed by atoms with E-state index in [0.717, 1.165) is 30.4 Å². The van der Waals surface area contributed by atoms with Gasteiger partial charge >= 0.3 is 0 Å². The number of halogens is 1. The van der Waals surface area contributed by atoms with Crippen LogP contribution in [-0.2, 0) is 11.2 Å². The van der Waals surface area contributed by atoms with Crippen molar-refractivity contribution in [2.24, 2.45) is 5.73 Å². The summed E-state index contributed by atoms with van der Waals surface area (Å²) in [6, 6.07) is 7.92. The predicted molar refractivity (Wildman–Crippen MR) is 74.1 cm³/mol. The Bertz CT molecular complexity index is 438. The molecule has 1 aliphatic rings. The van der Waals surface area contributed by atoms with E-state index in [1.165, 1.54) is 5.56 Å². The average Bonchev–Trinajstić information content (AvgIpc) is 2.69. The van der Waals surface area contributed by atoms with E-state index in [1.807, 2.05) is 24.3 Å². The van der Waals surface area contributed by atoms with Gasteiger partial charge in [0, 0.05) is 12.2 Å². The van der Waals surface area contributed by atoms with Gasteiger partial charge in [-0.15, -0.1) is 12.4 Å². The summed E-state index contributed by atoms with van der Waals surface area (Å²) in [4.78, 5) is 13.6. The molecule has 0 aromatic heterocycles. The predicted octanol–water partition coefficient (Wildman–Crippen LogP) is 1.62. The number of fused-ring (bicyclic) bond motifs is 1. The number of amides is 1. The lowest BCUT2D eigenvalue weighted by Crippen LogP contribution is -2.31. The Morgan fingerprint density at radius 1 is 1.47 bits per heavy atom. The Balaban J connectivity index is 0.00000144. The highest BCUT2D eigenvalue weighted by atomic mass is 35.5. The highest BCUT2D eigenvalue weighted by Crippen LogP contribution is 2.27. The van der Waals surface area contributed by atoms with Crippen molar-refractivity contribution in [3.05, 3.63) is 29.8 Å². The third kappa shape index (κ3) is 3.14. The van der Waals surface area contributed by atoms with Crippen LogP contribution in [-0.4, -0.2) is 23.4 Å². The maximum Gasteiger partial charge on any atom is 0.237 e. The maximum atomic E-state index is 11.9. The number of nitrogens with zero attached hydrogens (tertiary/aromatic N) is 1. The fourth-order valence-corrected chi connectivity index (χ4v) is 2.25. The monoisotopic (exact) mass is 271 g/mol. The van der Waals surface area contributed by atoms with Gasteiger partial charge in [-0.3, -0.25) is 10.2 Å². The van der Waals surface area contributed by atoms with E-state index in [2.05, 4.69) is 0 Å². The van der Waals surface area contributed by atoms with Gasteiger partial charge in [0.25, 0.3) is 0 Å². The van der Waals surface area contributed by atoms with Gasteiger partial charge in [0.15, 0.2) is 5.17 Å². The van der Waals surface area contributed by atoms with Gasteiger partial charge in [-0.05, 0) is 18.1 Å². The molecule has 0 spiro atoms. The zero-order valence-corrected chi connectivity index (χ0v) is 10.8. The minimum absolute atomic E-state index is 0. The Morgan fingerprint density at radius 3 is 2.88 bits per heavy atom. The molecule has 0 radical (unpaired) electrons. The summed E-state index contributed by atoms with van der Waals surface area (Å²) in [6.45, 7) is 0.733. The highest BCUT2D eigenvalue weighted by molar-refractivity contribution is 8.14. The SMILES string of the molecule is Cl.N=C(N)SCC(=O)N1CCc2ccccc21. The second-order valence-electron chi connectivity index (χ2n) is 3.58. The first kappa shape index (κ1) is 13.9. The number of rotatable bonds is 2. The number of hydrogen-bond donors (Lipinski definition) is 2. The minimum atomic E-state index is -0.0131. The number of anilines is 1. The van der Waals surface area contributed by atoms with E-state index in [-0.39, 0.29) is 29.2 Å². The number of para-hydroxylation sites is 1. The van der Waals surface area contributed by atoms with Crippen LogP contribution in [0.4, 0.5) is 5.69 Å². The molecule has 0 saturated carbocycles. The molecule has 0 fully saturated rings. The van der Waals surface area contributed by atoms with E-state index in [1.54, 1.807) is 4.90 Å². The summed E-state index contributed by atoms with van der Waals surface area (Å²) < 4.78 is 0. The fraction of sp³-hybridized carbons (Fsp3) is 0.273. The number of nitrogens with one attached hydrogen (secondary N) is 1. The Hall–Kier alpha value is -1.20. The van der Waals surface area contributed by atoms with E-state index >= 15 is 0 Å². The molecule has 1 aliphatic heterocycles. The molecule has 17 heavy (non-hydrogen) atoms. The summed E-state index contributed by atoms with van der Waals surface area (Å²) in [5, 5.41) is 7.06. The number of amidine groups is 1. The van der Waals surface area contributed by atoms with Crippen molar-refractivity contribution in [2.45, 2.75) is 6.42 Å². The quantitative estimate of drug-likeness (QED) is 0.634. The Kier molecular flexibility index (Phi) is 4.84. The normalized spacial score (nSPS) is 12.8. The summed E-state index contributed by atoms with van der Waals surface area (Å²) in [7, 11) is 0. The molecular weight excluding hydrogens is 258 g/mol. The van der Waals surface area contributed by atoms with Crippen LogP contribution in [0.2, 0.25) is 0 Å². The molecule has 4 nitrogen and oxygen atoms in total. The second kappa shape index (κ2) is 5.93. The van der Waals surface area contributed by atoms with Crippen molar-refractivity contribution in [1.29, 1.82) is 5.41 Å². The van der Waals surface area contributed by atoms with Gasteiger partial charge in [-0.25, -0.2) is 0 Å². The van der Waals surface area contributed by atoms with Crippen molar-refractivity contribution in [3.63, 3.8) is 0 Å². The summed E-state index contributed by atoms with van der Waals surface area (Å²) in [5.74, 6) is 0.258. The van der Waals surface area contributed by atoms with Crippen molar-refractivity contribution >= 4 is 40.9 Å². The molecule has 6 heteroatoms. The van der Waals surface area contributed by atoms with Gasteiger partial charge in [0.1, 0.15) is 0 Å². The largest absolute Gasteiger partial charge is 0.379 e. The molecule has 1 aromatic rings. The molecule has 0 bridgehead atoms. The van der Waals surface area contributed by atoms with Gasteiger partial charge in [0.05, 0.1) is 5.75 Å². The van der Waals surface area contributed by atoms with Crippen LogP contribution < -0.4 is 10.6 Å². The summed E-state index contributed by atoms with van der Waals surface area (Å²) in [5.41, 5.74) is 7.42. The summed E-state index contributed by atoms with van der Waals surface area (Å²) in [6.07, 6.45) is 0.909. The van der Waals surface area contributed by atoms with Crippen LogP contribution in [0.5, 0.6) is 0 Å². The third-order valence-corrected chi connectivity index (χ3v) is 3.24. The van der Waals surface area contributed by atoms with Crippen LogP contribution >= 0.6 is 24.2 Å². The van der Waals surface area contributed by atoms with Crippen molar-refractivity contribution < 1.29 is 4.79 Å². The zero-order chi connectivity index (χ0) is 11.5. The van der Waals surface area contributed by atoms with E-state index in [4.69, 9.17) is 11.1 Å². The topological polar surface area (TPSA) is 70.2 Å². The fourth-order valence-electron chi connectivity index (χ4n) is 1.81. The number of carbonyl (C=O) groups is 1. The molecule has 1 heterocycles. The molecule has 92 valence electrons. The molecule has 0 atom stereocenters. The molecular formula is C11H14ClN3OS.